The third kappa shape index (κ3) is 4.14. The predicted octanol–water partition coefficient (Wildman–Crippen LogP) is 4.42. The van der Waals surface area contributed by atoms with Gasteiger partial charge in [0.1, 0.15) is 5.75 Å². The molecule has 27 heavy (non-hydrogen) atoms. The summed E-state index contributed by atoms with van der Waals surface area (Å²) in [4.78, 5) is 17.1. The molecular formula is C21H22ClN3O2. The number of hydrogen-bond donors (Lipinski definition) is 1. The minimum absolute atomic E-state index is 0.238. The van der Waals surface area contributed by atoms with E-state index in [4.69, 9.17) is 16.3 Å². The molecule has 6 heteroatoms. The second-order valence-corrected chi connectivity index (χ2v) is 6.82. The Morgan fingerprint density at radius 2 is 2.00 bits per heavy atom. The topological polar surface area (TPSA) is 56.1 Å². The number of methoxy groups -OCH3 is 1. The summed E-state index contributed by atoms with van der Waals surface area (Å²) in [6.07, 6.45) is 3.22. The van der Waals surface area contributed by atoms with Gasteiger partial charge in [0.2, 0.25) is 0 Å². The summed E-state index contributed by atoms with van der Waals surface area (Å²) < 4.78 is 6.92. The van der Waals surface area contributed by atoms with Crippen LogP contribution in [0.25, 0.3) is 5.69 Å². The second kappa shape index (κ2) is 8.27. The molecule has 0 radical (unpaired) electrons. The molecule has 1 aromatic heterocycles. The Bertz CT molecular complexity index is 986. The summed E-state index contributed by atoms with van der Waals surface area (Å²) in [5, 5.41) is 3.76. The highest BCUT2D eigenvalue weighted by atomic mass is 35.5. The average molecular weight is 384 g/mol. The van der Waals surface area contributed by atoms with Crippen molar-refractivity contribution in [3.63, 3.8) is 0 Å². The van der Waals surface area contributed by atoms with Gasteiger partial charge in [-0.15, -0.1) is 0 Å². The van der Waals surface area contributed by atoms with E-state index in [1.54, 1.807) is 25.6 Å². The molecule has 1 N–H and O–H groups in total. The fourth-order valence-corrected chi connectivity index (χ4v) is 3.03. The summed E-state index contributed by atoms with van der Waals surface area (Å²) in [5.41, 5.74) is 2.46. The lowest BCUT2D eigenvalue weighted by molar-refractivity contribution is 0.412. The highest BCUT2D eigenvalue weighted by Gasteiger charge is 2.14. The smallest absolute Gasteiger partial charge is 0.297 e. The molecule has 0 aliphatic heterocycles. The van der Waals surface area contributed by atoms with E-state index in [0.717, 1.165) is 5.56 Å². The molecular weight excluding hydrogens is 362 g/mol. The Balaban J connectivity index is 1.89. The first-order valence-electron chi connectivity index (χ1n) is 8.72. The Hall–Kier alpha value is -2.79. The van der Waals surface area contributed by atoms with Gasteiger partial charge in [0.05, 0.1) is 12.8 Å². The first kappa shape index (κ1) is 19.0. The van der Waals surface area contributed by atoms with Crippen LogP contribution < -0.4 is 15.6 Å². The minimum Gasteiger partial charge on any atom is -0.495 e. The van der Waals surface area contributed by atoms with Crippen molar-refractivity contribution in [3.05, 3.63) is 81.4 Å². The maximum atomic E-state index is 12.9. The van der Waals surface area contributed by atoms with Gasteiger partial charge in [0, 0.05) is 30.0 Å². The van der Waals surface area contributed by atoms with Gasteiger partial charge < -0.3 is 10.1 Å². The van der Waals surface area contributed by atoms with E-state index in [-0.39, 0.29) is 11.5 Å². The van der Waals surface area contributed by atoms with Crippen molar-refractivity contribution >= 4 is 17.4 Å². The first-order valence-corrected chi connectivity index (χ1v) is 9.10. The zero-order chi connectivity index (χ0) is 19.4. The molecule has 3 aromatic rings. The van der Waals surface area contributed by atoms with Crippen LogP contribution in [-0.4, -0.2) is 23.2 Å². The first-order chi connectivity index (χ1) is 13.0. The molecule has 140 valence electrons. The molecule has 1 atom stereocenters. The van der Waals surface area contributed by atoms with Gasteiger partial charge in [-0.25, -0.2) is 4.98 Å². The zero-order valence-electron chi connectivity index (χ0n) is 15.6. The molecule has 0 unspecified atom stereocenters. The highest BCUT2D eigenvalue weighted by molar-refractivity contribution is 6.31. The van der Waals surface area contributed by atoms with E-state index < -0.39 is 0 Å². The van der Waals surface area contributed by atoms with Crippen molar-refractivity contribution in [2.24, 2.45) is 0 Å². The fraction of sp³-hybridized carbons (Fsp3) is 0.238. The number of anilines is 1. The van der Waals surface area contributed by atoms with Crippen molar-refractivity contribution in [3.8, 4) is 11.4 Å². The predicted molar refractivity (Wildman–Crippen MR) is 109 cm³/mol. The Morgan fingerprint density at radius 3 is 2.70 bits per heavy atom. The normalized spacial score (nSPS) is 11.9. The Morgan fingerprint density at radius 1 is 1.26 bits per heavy atom. The van der Waals surface area contributed by atoms with Crippen LogP contribution in [0.15, 0.2) is 59.7 Å². The van der Waals surface area contributed by atoms with Gasteiger partial charge in [-0.05, 0) is 30.0 Å². The number of nitrogens with one attached hydrogen (secondary N) is 1. The average Bonchev–Trinajstić information content (AvgIpc) is 2.69. The van der Waals surface area contributed by atoms with E-state index in [1.807, 2.05) is 31.2 Å². The SMILES string of the molecule is COc1cc(Cl)c(C)cc1-n1ccnc(NC[C@H](C)c2ccccc2)c1=O. The summed E-state index contributed by atoms with van der Waals surface area (Å²) in [6.45, 7) is 4.60. The molecule has 5 nitrogen and oxygen atoms in total. The monoisotopic (exact) mass is 383 g/mol. The molecule has 0 aliphatic rings. The van der Waals surface area contributed by atoms with Crippen LogP contribution in [0.5, 0.6) is 5.75 Å². The van der Waals surface area contributed by atoms with Crippen molar-refractivity contribution in [1.82, 2.24) is 9.55 Å². The lowest BCUT2D eigenvalue weighted by Crippen LogP contribution is -2.25. The number of hydrogen-bond acceptors (Lipinski definition) is 4. The molecule has 1 heterocycles. The lowest BCUT2D eigenvalue weighted by atomic mass is 10.0. The highest BCUT2D eigenvalue weighted by Crippen LogP contribution is 2.29. The zero-order valence-corrected chi connectivity index (χ0v) is 16.3. The molecule has 0 spiro atoms. The second-order valence-electron chi connectivity index (χ2n) is 6.42. The van der Waals surface area contributed by atoms with Crippen LogP contribution >= 0.6 is 11.6 Å². The van der Waals surface area contributed by atoms with E-state index in [1.165, 1.54) is 10.1 Å². The van der Waals surface area contributed by atoms with Gasteiger partial charge in [-0.2, -0.15) is 0 Å². The van der Waals surface area contributed by atoms with E-state index in [9.17, 15) is 4.79 Å². The van der Waals surface area contributed by atoms with Crippen molar-refractivity contribution in [2.75, 3.05) is 19.0 Å². The molecule has 0 bridgehead atoms. The number of rotatable bonds is 6. The molecule has 0 amide bonds. The molecule has 3 rings (SSSR count). The number of ether oxygens (including phenoxy) is 1. The van der Waals surface area contributed by atoms with Crippen molar-refractivity contribution in [1.29, 1.82) is 0 Å². The van der Waals surface area contributed by atoms with Crippen LogP contribution in [0, 0.1) is 6.92 Å². The van der Waals surface area contributed by atoms with Gasteiger partial charge in [0.25, 0.3) is 5.56 Å². The standard InChI is InChI=1S/C21H22ClN3O2/c1-14-11-18(19(27-3)12-17(14)22)25-10-9-23-20(21(25)26)24-13-15(2)16-7-5-4-6-8-16/h4-12,15H,13H2,1-3H3,(H,23,24)/t15-/m0/s1. The van der Waals surface area contributed by atoms with Gasteiger partial charge in [-0.3, -0.25) is 9.36 Å². The number of benzene rings is 2. The summed E-state index contributed by atoms with van der Waals surface area (Å²) >= 11 is 6.17. The molecule has 0 saturated heterocycles. The van der Waals surface area contributed by atoms with Crippen molar-refractivity contribution in [2.45, 2.75) is 19.8 Å². The largest absolute Gasteiger partial charge is 0.495 e. The summed E-state index contributed by atoms with van der Waals surface area (Å²) in [7, 11) is 1.55. The number of halogens is 1. The van der Waals surface area contributed by atoms with Crippen LogP contribution in [-0.2, 0) is 0 Å². The fourth-order valence-electron chi connectivity index (χ4n) is 2.87. The third-order valence-electron chi connectivity index (χ3n) is 4.50. The maximum absolute atomic E-state index is 12.9. The van der Waals surface area contributed by atoms with Gasteiger partial charge in [-0.1, -0.05) is 48.9 Å². The molecule has 0 saturated carbocycles. The molecule has 2 aromatic carbocycles. The van der Waals surface area contributed by atoms with E-state index >= 15 is 0 Å². The third-order valence-corrected chi connectivity index (χ3v) is 4.91. The minimum atomic E-state index is -0.238. The van der Waals surface area contributed by atoms with Crippen LogP contribution in [0.2, 0.25) is 5.02 Å². The maximum Gasteiger partial charge on any atom is 0.297 e. The van der Waals surface area contributed by atoms with E-state index in [0.29, 0.717) is 28.8 Å². The molecule has 0 aliphatic carbocycles. The van der Waals surface area contributed by atoms with Gasteiger partial charge >= 0.3 is 0 Å². The lowest BCUT2D eigenvalue weighted by Gasteiger charge is -2.16. The molecule has 0 fully saturated rings. The summed E-state index contributed by atoms with van der Waals surface area (Å²) in [6, 6.07) is 13.7. The Labute approximate surface area is 163 Å². The number of nitrogens with zero attached hydrogens (tertiary/aromatic N) is 2. The number of aromatic nitrogens is 2. The summed E-state index contributed by atoms with van der Waals surface area (Å²) in [5.74, 6) is 1.07. The Kier molecular flexibility index (Phi) is 5.81. The quantitative estimate of drug-likeness (QED) is 0.684. The van der Waals surface area contributed by atoms with Crippen molar-refractivity contribution < 1.29 is 4.74 Å². The van der Waals surface area contributed by atoms with E-state index in [2.05, 4.69) is 29.4 Å². The van der Waals surface area contributed by atoms with Crippen LogP contribution in [0.4, 0.5) is 5.82 Å². The van der Waals surface area contributed by atoms with Crippen LogP contribution in [0.3, 0.4) is 0 Å². The number of aryl methyl sites for hydroxylation is 1. The van der Waals surface area contributed by atoms with Gasteiger partial charge in [0.15, 0.2) is 5.82 Å². The van der Waals surface area contributed by atoms with Crippen LogP contribution in [0.1, 0.15) is 24.0 Å².